The molecule has 0 aliphatic heterocycles. The van der Waals surface area contributed by atoms with Gasteiger partial charge in [-0.2, -0.15) is 0 Å². The highest BCUT2D eigenvalue weighted by atomic mass is 35.5. The Morgan fingerprint density at radius 1 is 1.25 bits per heavy atom. The number of nitrogens with zero attached hydrogens (tertiary/aromatic N) is 2. The molecule has 1 heterocycles. The fraction of sp³-hybridized carbons (Fsp3) is 0.412. The van der Waals surface area contributed by atoms with E-state index >= 15 is 0 Å². The molecule has 1 unspecified atom stereocenters. The maximum Gasteiger partial charge on any atom is 0.144 e. The molecule has 7 heteroatoms. The fourth-order valence-electron chi connectivity index (χ4n) is 1.87. The lowest BCUT2D eigenvalue weighted by atomic mass is 10.1. The van der Waals surface area contributed by atoms with Gasteiger partial charge in [-0.15, -0.1) is 0 Å². The summed E-state index contributed by atoms with van der Waals surface area (Å²) in [5.74, 6) is 0.568. The molecule has 0 radical (unpaired) electrons. The highest BCUT2D eigenvalue weighted by Gasteiger charge is 2.26. The normalized spacial score (nSPS) is 13.9. The van der Waals surface area contributed by atoms with Gasteiger partial charge >= 0.3 is 0 Å². The molecular weight excluding hydrogens is 367 g/mol. The third-order valence-electron chi connectivity index (χ3n) is 3.02. The smallest absolute Gasteiger partial charge is 0.144 e. The van der Waals surface area contributed by atoms with Crippen molar-refractivity contribution in [3.05, 3.63) is 33.9 Å². The van der Waals surface area contributed by atoms with E-state index in [-0.39, 0.29) is 11.3 Å². The van der Waals surface area contributed by atoms with Crippen molar-refractivity contribution < 1.29 is 9.29 Å². The third kappa shape index (κ3) is 4.76. The Kier molecular flexibility index (Phi) is 6.02. The molecule has 0 fully saturated rings. The Morgan fingerprint density at radius 2 is 1.92 bits per heavy atom. The molecule has 0 aliphatic rings. The second-order valence-electron chi connectivity index (χ2n) is 6.61. The zero-order valence-corrected chi connectivity index (χ0v) is 16.6. The van der Waals surface area contributed by atoms with Crippen LogP contribution in [0.1, 0.15) is 40.2 Å². The Balaban J connectivity index is 2.41. The van der Waals surface area contributed by atoms with Crippen LogP contribution < -0.4 is 4.74 Å². The van der Waals surface area contributed by atoms with Crippen LogP contribution in [-0.2, 0) is 11.4 Å². The quantitative estimate of drug-likeness (QED) is 0.411. The lowest BCUT2D eigenvalue weighted by Crippen LogP contribution is -2.25. The Hall–Kier alpha value is -1.01. The first-order chi connectivity index (χ1) is 11.1. The molecule has 0 bridgehead atoms. The van der Waals surface area contributed by atoms with Crippen LogP contribution in [0, 0.1) is 0 Å². The lowest BCUT2D eigenvalue weighted by Gasteiger charge is -2.17. The van der Waals surface area contributed by atoms with Crippen LogP contribution in [0.2, 0.25) is 10.2 Å². The molecule has 0 saturated carbocycles. The molecule has 0 amide bonds. The molecule has 1 aromatic heterocycles. The van der Waals surface area contributed by atoms with Crippen LogP contribution in [0.3, 0.4) is 0 Å². The van der Waals surface area contributed by atoms with E-state index in [4.69, 9.17) is 27.9 Å². The monoisotopic (exact) mass is 386 g/mol. The summed E-state index contributed by atoms with van der Waals surface area (Å²) in [6, 6.07) is 5.35. The summed E-state index contributed by atoms with van der Waals surface area (Å²) in [5.41, 5.74) is 1.27. The predicted molar refractivity (Wildman–Crippen MR) is 103 cm³/mol. The molecule has 24 heavy (non-hydrogen) atoms. The van der Waals surface area contributed by atoms with Crippen molar-refractivity contribution in [1.29, 1.82) is 0 Å². The van der Waals surface area contributed by atoms with Crippen molar-refractivity contribution >= 4 is 51.7 Å². The highest BCUT2D eigenvalue weighted by Crippen LogP contribution is 2.31. The molecule has 130 valence electrons. The van der Waals surface area contributed by atoms with E-state index < -0.39 is 16.1 Å². The molecular formula is C17H20Cl2N2O2S. The minimum atomic E-state index is -1.36. The summed E-state index contributed by atoms with van der Waals surface area (Å²) in [4.78, 5) is 4.36. The number of rotatable bonds is 4. The number of halogens is 2. The number of pyridine rings is 1. The highest BCUT2D eigenvalue weighted by molar-refractivity contribution is 7.91. The largest absolute Gasteiger partial charge is 0.591 e. The molecule has 0 N–H and O–H groups in total. The van der Waals surface area contributed by atoms with Gasteiger partial charge in [0.15, 0.2) is 0 Å². The van der Waals surface area contributed by atoms with Crippen LogP contribution in [0.4, 0.5) is 0 Å². The Bertz CT molecular complexity index is 773. The summed E-state index contributed by atoms with van der Waals surface area (Å²) in [6.45, 7) is 9.43. The van der Waals surface area contributed by atoms with Crippen molar-refractivity contribution in [2.75, 3.05) is 0 Å². The Morgan fingerprint density at radius 3 is 2.50 bits per heavy atom. The molecule has 0 aliphatic carbocycles. The van der Waals surface area contributed by atoms with E-state index in [1.54, 1.807) is 12.1 Å². The third-order valence-corrected chi connectivity index (χ3v) is 4.97. The van der Waals surface area contributed by atoms with Crippen molar-refractivity contribution in [1.82, 2.24) is 4.98 Å². The second-order valence-corrected chi connectivity index (χ2v) is 9.31. The van der Waals surface area contributed by atoms with Gasteiger partial charge in [0, 0.05) is 17.0 Å². The van der Waals surface area contributed by atoms with Gasteiger partial charge in [-0.25, -0.2) is 4.98 Å². The van der Waals surface area contributed by atoms with Crippen molar-refractivity contribution in [2.45, 2.75) is 45.5 Å². The van der Waals surface area contributed by atoms with Crippen LogP contribution in [0.5, 0.6) is 5.75 Å². The summed E-state index contributed by atoms with van der Waals surface area (Å²) < 4.78 is 21.3. The van der Waals surface area contributed by atoms with Crippen molar-refractivity contribution in [3.63, 3.8) is 0 Å². The van der Waals surface area contributed by atoms with Crippen molar-refractivity contribution in [2.24, 2.45) is 4.40 Å². The topological polar surface area (TPSA) is 57.5 Å². The molecule has 1 aromatic carbocycles. The molecule has 4 nitrogen and oxygen atoms in total. The van der Waals surface area contributed by atoms with Gasteiger partial charge in [0.1, 0.15) is 27.0 Å². The van der Waals surface area contributed by atoms with Crippen LogP contribution in [0.15, 0.2) is 22.6 Å². The molecule has 1 atom stereocenters. The fourth-order valence-corrected chi connectivity index (χ4v) is 2.80. The van der Waals surface area contributed by atoms with E-state index in [1.165, 1.54) is 6.21 Å². The Labute approximate surface area is 155 Å². The SMILES string of the molecule is CC(C)Oc1cc2nc(Cl)c(/C=N/[S+]([O-])C(C)(C)C)cc2cc1Cl. The summed E-state index contributed by atoms with van der Waals surface area (Å²) in [5, 5.41) is 1.60. The number of hydrogen-bond acceptors (Lipinski definition) is 4. The number of aromatic nitrogens is 1. The maximum atomic E-state index is 12.0. The predicted octanol–water partition coefficient (Wildman–Crippen LogP) is 5.21. The molecule has 2 aromatic rings. The first kappa shape index (κ1) is 19.3. The van der Waals surface area contributed by atoms with E-state index in [1.807, 2.05) is 40.7 Å². The average molecular weight is 387 g/mol. The minimum Gasteiger partial charge on any atom is -0.591 e. The number of benzene rings is 1. The standard InChI is InChI=1S/C17H20Cl2N2O2S/c1-10(2)23-15-8-14-11(7-13(15)18)6-12(16(19)21-14)9-20-24(22)17(3,4)5/h6-10H,1-5H3/b20-9+. The van der Waals surface area contributed by atoms with E-state index in [0.717, 1.165) is 5.39 Å². The number of fused-ring (bicyclic) bond motifs is 1. The minimum absolute atomic E-state index is 0.00852. The van der Waals surface area contributed by atoms with E-state index in [2.05, 4.69) is 9.38 Å². The van der Waals surface area contributed by atoms with Gasteiger partial charge in [-0.3, -0.25) is 0 Å². The lowest BCUT2D eigenvalue weighted by molar-refractivity contribution is 0.243. The van der Waals surface area contributed by atoms with Gasteiger partial charge in [0.25, 0.3) is 0 Å². The van der Waals surface area contributed by atoms with Gasteiger partial charge in [-0.05, 0) is 46.8 Å². The van der Waals surface area contributed by atoms with Crippen LogP contribution in [0.25, 0.3) is 10.9 Å². The van der Waals surface area contributed by atoms with Gasteiger partial charge in [-0.1, -0.05) is 27.6 Å². The van der Waals surface area contributed by atoms with Gasteiger partial charge in [0.05, 0.1) is 22.9 Å². The first-order valence-electron chi connectivity index (χ1n) is 7.50. The summed E-state index contributed by atoms with van der Waals surface area (Å²) in [6.07, 6.45) is 1.50. The number of ether oxygens (including phenoxy) is 1. The first-order valence-corrected chi connectivity index (χ1v) is 9.36. The maximum absolute atomic E-state index is 12.0. The molecule has 0 saturated heterocycles. The van der Waals surface area contributed by atoms with Gasteiger partial charge < -0.3 is 9.29 Å². The summed E-state index contributed by atoms with van der Waals surface area (Å²) >= 11 is 11.1. The molecule has 2 rings (SSSR count). The molecule has 0 spiro atoms. The average Bonchev–Trinajstić information content (AvgIpc) is 2.44. The van der Waals surface area contributed by atoms with Crippen LogP contribution >= 0.6 is 23.2 Å². The zero-order valence-electron chi connectivity index (χ0n) is 14.3. The second kappa shape index (κ2) is 7.48. The van der Waals surface area contributed by atoms with Crippen LogP contribution in [-0.4, -0.2) is 26.6 Å². The number of hydrogen-bond donors (Lipinski definition) is 0. The van der Waals surface area contributed by atoms with E-state index in [0.29, 0.717) is 21.9 Å². The van der Waals surface area contributed by atoms with Crippen molar-refractivity contribution in [3.8, 4) is 5.75 Å². The van der Waals surface area contributed by atoms with Gasteiger partial charge in [0.2, 0.25) is 0 Å². The summed E-state index contributed by atoms with van der Waals surface area (Å²) in [7, 11) is 0. The van der Waals surface area contributed by atoms with E-state index in [9.17, 15) is 4.55 Å². The zero-order chi connectivity index (χ0) is 18.1.